The van der Waals surface area contributed by atoms with Crippen LogP contribution in [0.1, 0.15) is 41.3 Å². The monoisotopic (exact) mass is 548 g/mol. The van der Waals surface area contributed by atoms with E-state index in [1.807, 2.05) is 0 Å². The van der Waals surface area contributed by atoms with Crippen molar-refractivity contribution < 1.29 is 39.5 Å². The number of nitrogens with zero attached hydrogens (tertiary/aromatic N) is 1. The molecule has 4 atom stereocenters. The van der Waals surface area contributed by atoms with Gasteiger partial charge in [0.2, 0.25) is 5.91 Å². The number of primary amides is 1. The van der Waals surface area contributed by atoms with Crippen molar-refractivity contribution >= 4 is 23.2 Å². The fraction of sp³-hybridized carbons (Fsp3) is 0.367. The van der Waals surface area contributed by atoms with E-state index >= 15 is 0 Å². The van der Waals surface area contributed by atoms with E-state index < -0.39 is 47.3 Å². The van der Waals surface area contributed by atoms with Crippen LogP contribution in [0.2, 0.25) is 0 Å². The molecule has 1 saturated carbocycles. The number of carbonyl (C=O) groups excluding carboxylic acids is 3. The van der Waals surface area contributed by atoms with Crippen molar-refractivity contribution in [2.45, 2.75) is 37.8 Å². The lowest BCUT2D eigenvalue weighted by molar-refractivity contribution is -0.151. The number of hydrogen-bond acceptors (Lipinski definition) is 9. The molecule has 5 rings (SSSR count). The second-order valence-electron chi connectivity index (χ2n) is 11.0. The van der Waals surface area contributed by atoms with Gasteiger partial charge in [0, 0.05) is 29.0 Å². The van der Waals surface area contributed by atoms with Crippen molar-refractivity contribution in [3.8, 4) is 22.6 Å². The molecule has 1 amide bonds. The van der Waals surface area contributed by atoms with Crippen LogP contribution in [0.3, 0.4) is 0 Å². The maximum absolute atomic E-state index is 14.0. The molecule has 1 fully saturated rings. The molecule has 0 saturated heterocycles. The SMILES string of the molecule is COc1ccc(C(C)=O)cc1-c1ccc(O)c2c1CC1CC3C(N(C)C)C(O)=C(C(N)=O)CC3(O)C(=O)C1=C2O. The highest BCUT2D eigenvalue weighted by atomic mass is 16.5. The zero-order valence-electron chi connectivity index (χ0n) is 22.7. The van der Waals surface area contributed by atoms with Crippen molar-refractivity contribution in [1.82, 2.24) is 4.90 Å². The van der Waals surface area contributed by atoms with Crippen LogP contribution in [0.15, 0.2) is 47.2 Å². The number of aliphatic hydroxyl groups excluding tert-OH is 2. The third-order valence-electron chi connectivity index (χ3n) is 8.60. The predicted octanol–water partition coefficient (Wildman–Crippen LogP) is 2.66. The zero-order valence-corrected chi connectivity index (χ0v) is 22.7. The Morgan fingerprint density at radius 2 is 1.80 bits per heavy atom. The minimum atomic E-state index is -2.10. The number of phenols is 1. The summed E-state index contributed by atoms with van der Waals surface area (Å²) < 4.78 is 5.56. The van der Waals surface area contributed by atoms with Crippen LogP contribution < -0.4 is 10.5 Å². The maximum Gasteiger partial charge on any atom is 0.248 e. The van der Waals surface area contributed by atoms with Crippen molar-refractivity contribution in [3.63, 3.8) is 0 Å². The van der Waals surface area contributed by atoms with Gasteiger partial charge < -0.3 is 30.9 Å². The number of amides is 1. The zero-order chi connectivity index (χ0) is 29.3. The highest BCUT2D eigenvalue weighted by Gasteiger charge is 2.60. The molecule has 0 radical (unpaired) electrons. The van der Waals surface area contributed by atoms with Gasteiger partial charge in [-0.05, 0) is 75.2 Å². The Hall–Kier alpha value is -4.15. The van der Waals surface area contributed by atoms with E-state index in [4.69, 9.17) is 10.5 Å². The summed E-state index contributed by atoms with van der Waals surface area (Å²) in [7, 11) is 4.83. The van der Waals surface area contributed by atoms with Gasteiger partial charge in [0.1, 0.15) is 28.6 Å². The molecule has 10 heteroatoms. The number of carbonyl (C=O) groups is 3. The van der Waals surface area contributed by atoms with Gasteiger partial charge in [0.05, 0.1) is 24.3 Å². The van der Waals surface area contributed by atoms with Crippen LogP contribution in [-0.2, 0) is 16.0 Å². The van der Waals surface area contributed by atoms with E-state index in [9.17, 15) is 34.8 Å². The molecular weight excluding hydrogens is 516 g/mol. The number of benzene rings is 2. The Morgan fingerprint density at radius 1 is 1.10 bits per heavy atom. The van der Waals surface area contributed by atoms with Gasteiger partial charge in [-0.15, -0.1) is 0 Å². The number of aliphatic hydroxyl groups is 3. The fourth-order valence-electron chi connectivity index (χ4n) is 6.72. The van der Waals surface area contributed by atoms with Crippen LogP contribution in [0.4, 0.5) is 0 Å². The summed E-state index contributed by atoms with van der Waals surface area (Å²) >= 11 is 0. The first-order chi connectivity index (χ1) is 18.8. The Morgan fingerprint density at radius 3 is 2.40 bits per heavy atom. The van der Waals surface area contributed by atoms with Gasteiger partial charge in [-0.3, -0.25) is 19.3 Å². The topological polar surface area (TPSA) is 171 Å². The van der Waals surface area contributed by atoms with Crippen LogP contribution in [0.25, 0.3) is 16.9 Å². The summed E-state index contributed by atoms with van der Waals surface area (Å²) in [4.78, 5) is 39.9. The highest BCUT2D eigenvalue weighted by molar-refractivity contribution is 6.10. The number of methoxy groups -OCH3 is 1. The fourth-order valence-corrected chi connectivity index (χ4v) is 6.72. The number of ether oxygens (including phenoxy) is 1. The lowest BCUT2D eigenvalue weighted by Crippen LogP contribution is -2.62. The van der Waals surface area contributed by atoms with Crippen LogP contribution in [0.5, 0.6) is 11.5 Å². The van der Waals surface area contributed by atoms with E-state index in [2.05, 4.69) is 0 Å². The summed E-state index contributed by atoms with van der Waals surface area (Å²) in [6, 6.07) is 7.21. The van der Waals surface area contributed by atoms with Gasteiger partial charge in [0.15, 0.2) is 11.6 Å². The third-order valence-corrected chi connectivity index (χ3v) is 8.60. The lowest BCUT2D eigenvalue weighted by atomic mass is 9.57. The lowest BCUT2D eigenvalue weighted by Gasteiger charge is -2.51. The van der Waals surface area contributed by atoms with Gasteiger partial charge in [-0.2, -0.15) is 0 Å². The summed E-state index contributed by atoms with van der Waals surface area (Å²) in [5, 5.41) is 45.1. The van der Waals surface area contributed by atoms with Crippen LogP contribution in [-0.4, -0.2) is 75.6 Å². The normalized spacial score (nSPS) is 25.9. The smallest absolute Gasteiger partial charge is 0.248 e. The number of phenolic OH excluding ortho intramolecular Hbond substituents is 1. The second-order valence-corrected chi connectivity index (χ2v) is 11.0. The summed E-state index contributed by atoms with van der Waals surface area (Å²) in [6.45, 7) is 1.45. The Kier molecular flexibility index (Phi) is 6.51. The van der Waals surface area contributed by atoms with Gasteiger partial charge in [-0.25, -0.2) is 0 Å². The number of nitrogens with two attached hydrogens (primary N) is 1. The molecule has 0 spiro atoms. The van der Waals surface area contributed by atoms with E-state index in [0.29, 0.717) is 28.0 Å². The number of likely N-dealkylation sites (N-methyl/N-ethyl adjacent to an activating group) is 1. The number of ketones is 2. The molecule has 0 bridgehead atoms. The number of Topliss-reactive ketones (excluding diaryl/α,β-unsaturated/α-hetero) is 2. The van der Waals surface area contributed by atoms with E-state index in [0.717, 1.165) is 0 Å². The minimum Gasteiger partial charge on any atom is -0.510 e. The first kappa shape index (κ1) is 27.4. The first-order valence-corrected chi connectivity index (χ1v) is 12.9. The molecular formula is C30H32N2O8. The molecule has 0 heterocycles. The third kappa shape index (κ3) is 3.89. The maximum atomic E-state index is 14.0. The second kappa shape index (κ2) is 9.50. The van der Waals surface area contributed by atoms with Gasteiger partial charge in [-0.1, -0.05) is 6.07 Å². The van der Waals surface area contributed by atoms with Crippen molar-refractivity contribution in [1.29, 1.82) is 0 Å². The molecule has 2 aromatic rings. The van der Waals surface area contributed by atoms with Crippen molar-refractivity contribution in [2.24, 2.45) is 17.6 Å². The quantitative estimate of drug-likeness (QED) is 0.352. The molecule has 0 aliphatic heterocycles. The van der Waals surface area contributed by atoms with Crippen molar-refractivity contribution in [2.75, 3.05) is 21.2 Å². The molecule has 3 aliphatic carbocycles. The molecule has 10 nitrogen and oxygen atoms in total. The van der Waals surface area contributed by atoms with Gasteiger partial charge >= 0.3 is 0 Å². The predicted molar refractivity (Wildman–Crippen MR) is 146 cm³/mol. The standard InChI is InChI=1S/C30H32N2O8/c1-13(33)14-5-8-22(40-4)17(9-14)16-6-7-21(34)24-18(16)10-15-11-20-25(32(2)3)26(35)19(29(31)38)12-30(20,39)28(37)23(15)27(24)36/h5-9,15,20,25,34-36,39H,10-12H2,1-4H3,(H2,31,38). The van der Waals surface area contributed by atoms with Gasteiger partial charge in [0.25, 0.3) is 0 Å². The number of aromatic hydroxyl groups is 1. The number of hydrogen-bond donors (Lipinski definition) is 5. The Bertz CT molecular complexity index is 1540. The van der Waals surface area contributed by atoms with Crippen LogP contribution >= 0.6 is 0 Å². The highest BCUT2D eigenvalue weighted by Crippen LogP contribution is 2.54. The average Bonchev–Trinajstić information content (AvgIpc) is 2.89. The van der Waals surface area contributed by atoms with E-state index in [1.54, 1.807) is 43.3 Å². The Balaban J connectivity index is 1.71. The molecule has 210 valence electrons. The molecule has 2 aromatic carbocycles. The van der Waals surface area contributed by atoms with E-state index in [-0.39, 0.29) is 46.8 Å². The number of fused-ring (bicyclic) bond motifs is 3. The summed E-state index contributed by atoms with van der Waals surface area (Å²) in [5.41, 5.74) is 5.37. The minimum absolute atomic E-state index is 0.0362. The van der Waals surface area contributed by atoms with Crippen molar-refractivity contribution in [3.05, 3.63) is 63.9 Å². The van der Waals surface area contributed by atoms with E-state index in [1.165, 1.54) is 20.1 Å². The molecule has 3 aliphatic rings. The summed E-state index contributed by atoms with van der Waals surface area (Å²) in [5.74, 6) is -3.74. The average molecular weight is 549 g/mol. The largest absolute Gasteiger partial charge is 0.510 e. The molecule has 6 N–H and O–H groups in total. The summed E-state index contributed by atoms with van der Waals surface area (Å²) in [6.07, 6.45) is -0.0727. The van der Waals surface area contributed by atoms with Crippen LogP contribution in [0, 0.1) is 11.8 Å². The Labute approximate surface area is 231 Å². The molecule has 40 heavy (non-hydrogen) atoms. The first-order valence-electron chi connectivity index (χ1n) is 12.9. The molecule has 4 unspecified atom stereocenters. The number of rotatable bonds is 5. The molecule has 0 aromatic heterocycles.